The standard InChI is InChI=1S/C20H21F3N2O2S/c21-20(22,23)18-8-6-15(7-9-18)10-24-11-16-13-25(14-17(16)12-24)28(26,27)19-4-2-1-3-5-19/h1-9,16-17H,10-14H2/t16-,17-/m1/s1. The molecular formula is C20H21F3N2O2S. The summed E-state index contributed by atoms with van der Waals surface area (Å²) in [4.78, 5) is 2.52. The molecular weight excluding hydrogens is 389 g/mol. The van der Waals surface area contributed by atoms with Crippen molar-refractivity contribution < 1.29 is 21.6 Å². The molecule has 2 heterocycles. The Balaban J connectivity index is 1.37. The Hall–Kier alpha value is -1.90. The van der Waals surface area contributed by atoms with Crippen LogP contribution in [0.15, 0.2) is 59.5 Å². The highest BCUT2D eigenvalue weighted by Gasteiger charge is 2.44. The fourth-order valence-corrected chi connectivity index (χ4v) is 5.75. The van der Waals surface area contributed by atoms with Crippen molar-refractivity contribution in [3.8, 4) is 0 Å². The monoisotopic (exact) mass is 410 g/mol. The second-order valence-electron chi connectivity index (χ2n) is 7.54. The summed E-state index contributed by atoms with van der Waals surface area (Å²) in [6.45, 7) is 3.08. The first kappa shape index (κ1) is 19.4. The molecule has 2 aliphatic heterocycles. The predicted octanol–water partition coefficient (Wildman–Crippen LogP) is 3.46. The van der Waals surface area contributed by atoms with E-state index in [1.54, 1.807) is 34.6 Å². The first-order chi connectivity index (χ1) is 13.2. The molecule has 0 saturated carbocycles. The number of hydrogen-bond donors (Lipinski definition) is 0. The van der Waals surface area contributed by atoms with E-state index in [4.69, 9.17) is 0 Å². The average Bonchev–Trinajstić information content (AvgIpc) is 3.21. The van der Waals surface area contributed by atoms with Crippen molar-refractivity contribution in [1.82, 2.24) is 9.21 Å². The van der Waals surface area contributed by atoms with E-state index in [1.807, 2.05) is 0 Å². The molecule has 0 aromatic heterocycles. The van der Waals surface area contributed by atoms with Crippen molar-refractivity contribution in [3.63, 3.8) is 0 Å². The zero-order chi connectivity index (χ0) is 19.9. The minimum absolute atomic E-state index is 0.257. The zero-order valence-electron chi connectivity index (χ0n) is 15.1. The lowest BCUT2D eigenvalue weighted by atomic mass is 10.0. The molecule has 0 aliphatic carbocycles. The normalized spacial score (nSPS) is 23.8. The molecule has 2 saturated heterocycles. The highest BCUT2D eigenvalue weighted by atomic mass is 32.2. The fourth-order valence-electron chi connectivity index (χ4n) is 4.17. The van der Waals surface area contributed by atoms with Crippen molar-refractivity contribution >= 4 is 10.0 Å². The van der Waals surface area contributed by atoms with Gasteiger partial charge in [-0.15, -0.1) is 0 Å². The molecule has 2 aromatic rings. The zero-order valence-corrected chi connectivity index (χ0v) is 16.0. The topological polar surface area (TPSA) is 40.6 Å². The Labute approximate surface area is 162 Å². The number of halogens is 3. The molecule has 150 valence electrons. The number of alkyl halides is 3. The third-order valence-corrected chi connectivity index (χ3v) is 7.44. The van der Waals surface area contributed by atoms with E-state index < -0.39 is 21.8 Å². The van der Waals surface area contributed by atoms with Gasteiger partial charge in [-0.25, -0.2) is 8.42 Å². The van der Waals surface area contributed by atoms with Crippen molar-refractivity contribution in [2.24, 2.45) is 11.8 Å². The van der Waals surface area contributed by atoms with Crippen LogP contribution in [0.2, 0.25) is 0 Å². The molecule has 28 heavy (non-hydrogen) atoms. The summed E-state index contributed by atoms with van der Waals surface area (Å²) in [5, 5.41) is 0. The second kappa shape index (κ2) is 7.17. The van der Waals surface area contributed by atoms with Crippen LogP contribution < -0.4 is 0 Å². The minimum Gasteiger partial charge on any atom is -0.298 e. The van der Waals surface area contributed by atoms with Gasteiger partial charge in [-0.2, -0.15) is 17.5 Å². The number of likely N-dealkylation sites (tertiary alicyclic amines) is 1. The molecule has 2 atom stereocenters. The Morgan fingerprint density at radius 2 is 1.43 bits per heavy atom. The number of benzene rings is 2. The van der Waals surface area contributed by atoms with Gasteiger partial charge in [0, 0.05) is 32.7 Å². The number of nitrogens with zero attached hydrogens (tertiary/aromatic N) is 2. The highest BCUT2D eigenvalue weighted by molar-refractivity contribution is 7.89. The van der Waals surface area contributed by atoms with Crippen LogP contribution in [0.1, 0.15) is 11.1 Å². The SMILES string of the molecule is O=S(=O)(c1ccccc1)N1C[C@H]2CN(Cc3ccc(C(F)(F)F)cc3)C[C@@H]2C1. The van der Waals surface area contributed by atoms with Crippen LogP contribution in [-0.2, 0) is 22.7 Å². The van der Waals surface area contributed by atoms with Gasteiger partial charge in [-0.05, 0) is 41.7 Å². The molecule has 0 unspecified atom stereocenters. The van der Waals surface area contributed by atoms with Gasteiger partial charge in [0.25, 0.3) is 0 Å². The van der Waals surface area contributed by atoms with E-state index in [1.165, 1.54) is 12.1 Å². The molecule has 4 nitrogen and oxygen atoms in total. The number of rotatable bonds is 4. The lowest BCUT2D eigenvalue weighted by molar-refractivity contribution is -0.137. The van der Waals surface area contributed by atoms with Gasteiger partial charge in [0.2, 0.25) is 10.0 Å². The van der Waals surface area contributed by atoms with E-state index in [0.29, 0.717) is 24.5 Å². The van der Waals surface area contributed by atoms with Crippen LogP contribution in [0, 0.1) is 11.8 Å². The molecule has 0 bridgehead atoms. The first-order valence-corrected chi connectivity index (χ1v) is 10.6. The maximum absolute atomic E-state index is 12.8. The fraction of sp³-hybridized carbons (Fsp3) is 0.400. The predicted molar refractivity (Wildman–Crippen MR) is 98.9 cm³/mol. The van der Waals surface area contributed by atoms with Gasteiger partial charge in [-0.1, -0.05) is 30.3 Å². The van der Waals surface area contributed by atoms with Crippen molar-refractivity contribution in [1.29, 1.82) is 0 Å². The maximum atomic E-state index is 12.8. The lowest BCUT2D eigenvalue weighted by Crippen LogP contribution is -2.33. The molecule has 0 spiro atoms. The highest BCUT2D eigenvalue weighted by Crippen LogP contribution is 2.35. The molecule has 2 fully saturated rings. The summed E-state index contributed by atoms with van der Waals surface area (Å²) >= 11 is 0. The average molecular weight is 410 g/mol. The lowest BCUT2D eigenvalue weighted by Gasteiger charge is -2.21. The van der Waals surface area contributed by atoms with Gasteiger partial charge in [0.05, 0.1) is 10.5 Å². The summed E-state index contributed by atoms with van der Waals surface area (Å²) < 4.78 is 65.1. The largest absolute Gasteiger partial charge is 0.416 e. The van der Waals surface area contributed by atoms with Crippen LogP contribution in [0.5, 0.6) is 0 Å². The molecule has 2 aromatic carbocycles. The van der Waals surface area contributed by atoms with Gasteiger partial charge in [-0.3, -0.25) is 4.90 Å². The summed E-state index contributed by atoms with van der Waals surface area (Å²) in [7, 11) is -3.47. The van der Waals surface area contributed by atoms with Crippen LogP contribution in [0.25, 0.3) is 0 Å². The van der Waals surface area contributed by atoms with E-state index in [0.717, 1.165) is 30.8 Å². The van der Waals surface area contributed by atoms with Crippen LogP contribution >= 0.6 is 0 Å². The molecule has 0 radical (unpaired) electrons. The smallest absolute Gasteiger partial charge is 0.298 e. The number of fused-ring (bicyclic) bond motifs is 1. The van der Waals surface area contributed by atoms with Crippen molar-refractivity contribution in [2.75, 3.05) is 26.2 Å². The summed E-state index contributed by atoms with van der Waals surface area (Å²) in [6.07, 6.45) is -4.32. The summed E-state index contributed by atoms with van der Waals surface area (Å²) in [5.41, 5.74) is 0.193. The number of hydrogen-bond acceptors (Lipinski definition) is 3. The summed E-state index contributed by atoms with van der Waals surface area (Å²) in [6, 6.07) is 13.7. The van der Waals surface area contributed by atoms with Gasteiger partial charge in [0.15, 0.2) is 0 Å². The van der Waals surface area contributed by atoms with E-state index in [9.17, 15) is 21.6 Å². The second-order valence-corrected chi connectivity index (χ2v) is 9.48. The van der Waals surface area contributed by atoms with E-state index in [-0.39, 0.29) is 11.8 Å². The van der Waals surface area contributed by atoms with E-state index >= 15 is 0 Å². The minimum atomic E-state index is -4.32. The first-order valence-electron chi connectivity index (χ1n) is 9.17. The van der Waals surface area contributed by atoms with Crippen LogP contribution in [-0.4, -0.2) is 43.8 Å². The van der Waals surface area contributed by atoms with Gasteiger partial charge in [0.1, 0.15) is 0 Å². The quantitative estimate of drug-likeness (QED) is 0.775. The Morgan fingerprint density at radius 1 is 0.857 bits per heavy atom. The third kappa shape index (κ3) is 3.81. The molecule has 0 amide bonds. The Bertz CT molecular complexity index is 916. The molecule has 0 N–H and O–H groups in total. The van der Waals surface area contributed by atoms with Crippen molar-refractivity contribution in [3.05, 3.63) is 65.7 Å². The van der Waals surface area contributed by atoms with Crippen LogP contribution in [0.3, 0.4) is 0 Å². The maximum Gasteiger partial charge on any atom is 0.416 e. The third-order valence-electron chi connectivity index (χ3n) is 5.60. The Morgan fingerprint density at radius 3 is 1.96 bits per heavy atom. The van der Waals surface area contributed by atoms with Gasteiger partial charge < -0.3 is 0 Å². The van der Waals surface area contributed by atoms with Crippen LogP contribution in [0.4, 0.5) is 13.2 Å². The molecule has 2 aliphatic rings. The molecule has 4 rings (SSSR count). The summed E-state index contributed by atoms with van der Waals surface area (Å²) in [5.74, 6) is 0.515. The number of sulfonamides is 1. The Kier molecular flexibility index (Phi) is 4.97. The van der Waals surface area contributed by atoms with Crippen molar-refractivity contribution in [2.45, 2.75) is 17.6 Å². The van der Waals surface area contributed by atoms with Gasteiger partial charge >= 0.3 is 6.18 Å². The van der Waals surface area contributed by atoms with E-state index in [2.05, 4.69) is 4.90 Å². The molecule has 8 heteroatoms.